The molecule has 1 heterocycles. The van der Waals surface area contributed by atoms with Gasteiger partial charge in [0, 0.05) is 22.7 Å². The fourth-order valence-electron chi connectivity index (χ4n) is 4.50. The number of hydrogen-bond acceptors (Lipinski definition) is 4. The second kappa shape index (κ2) is 8.86. The Hall–Kier alpha value is -3.25. The molecule has 3 aromatic rings. The van der Waals surface area contributed by atoms with Crippen LogP contribution in [-0.2, 0) is 11.2 Å². The molecule has 1 saturated carbocycles. The van der Waals surface area contributed by atoms with Crippen molar-refractivity contribution in [3.05, 3.63) is 76.5 Å². The van der Waals surface area contributed by atoms with E-state index < -0.39 is 5.91 Å². The van der Waals surface area contributed by atoms with Crippen LogP contribution in [0.1, 0.15) is 52.0 Å². The van der Waals surface area contributed by atoms with E-state index in [0.29, 0.717) is 12.0 Å². The molecule has 0 spiro atoms. The number of aryl methyl sites for hydroxylation is 1. The number of benzene rings is 2. The Morgan fingerprint density at radius 3 is 2.55 bits per heavy atom. The molecule has 1 aromatic heterocycles. The Morgan fingerprint density at radius 2 is 1.81 bits per heavy atom. The van der Waals surface area contributed by atoms with Crippen molar-refractivity contribution in [2.45, 2.75) is 45.6 Å². The number of hydrogen-bond donors (Lipinski definition) is 3. The number of amides is 2. The minimum atomic E-state index is -0.437. The second-order valence-corrected chi connectivity index (χ2v) is 8.29. The van der Waals surface area contributed by atoms with Gasteiger partial charge in [0.25, 0.3) is 5.91 Å². The third kappa shape index (κ3) is 4.30. The Balaban J connectivity index is 1.50. The van der Waals surface area contributed by atoms with Gasteiger partial charge in [-0.25, -0.2) is 5.48 Å². The van der Waals surface area contributed by atoms with Crippen LogP contribution >= 0.6 is 0 Å². The number of fused-ring (bicyclic) bond motifs is 1. The molecule has 31 heavy (non-hydrogen) atoms. The molecule has 2 unspecified atom stereocenters. The minimum absolute atomic E-state index is 0.199. The van der Waals surface area contributed by atoms with Crippen LogP contribution in [0.15, 0.2) is 48.5 Å². The van der Waals surface area contributed by atoms with E-state index in [1.54, 1.807) is 5.48 Å². The van der Waals surface area contributed by atoms with Crippen LogP contribution in [0.25, 0.3) is 10.9 Å². The maximum absolute atomic E-state index is 12.7. The first kappa shape index (κ1) is 21.0. The Labute approximate surface area is 181 Å². The van der Waals surface area contributed by atoms with E-state index in [9.17, 15) is 9.59 Å². The third-order valence-electron chi connectivity index (χ3n) is 6.39. The lowest BCUT2D eigenvalue weighted by Gasteiger charge is -2.19. The summed E-state index contributed by atoms with van der Waals surface area (Å²) < 4.78 is 0. The highest BCUT2D eigenvalue weighted by molar-refractivity contribution is 5.95. The lowest BCUT2D eigenvalue weighted by molar-refractivity contribution is -0.133. The smallest absolute Gasteiger partial charge is 0.251 e. The van der Waals surface area contributed by atoms with E-state index in [2.05, 4.69) is 18.3 Å². The number of nitrogens with one attached hydrogen (secondary N) is 2. The van der Waals surface area contributed by atoms with Gasteiger partial charge in [-0.2, -0.15) is 0 Å². The van der Waals surface area contributed by atoms with Crippen molar-refractivity contribution in [2.24, 2.45) is 5.92 Å². The van der Waals surface area contributed by atoms with Gasteiger partial charge < -0.3 is 5.32 Å². The van der Waals surface area contributed by atoms with Crippen molar-refractivity contribution >= 4 is 22.7 Å². The number of hydroxylamine groups is 1. The standard InChI is InChI=1S/C25H27N3O3/c1-15-16(2)26-22-8-4-3-6-19(22)21(15)14-17-10-12-18(13-11-17)24(29)27-23-9-5-7-20(23)25(30)28-31/h3-4,6,8,10-13,20,23,31H,5,7,9,14H2,1-2H3,(H,27,29)(H,28,30). The molecule has 6 nitrogen and oxygen atoms in total. The summed E-state index contributed by atoms with van der Waals surface area (Å²) >= 11 is 0. The van der Waals surface area contributed by atoms with E-state index >= 15 is 0 Å². The molecular formula is C25H27N3O3. The van der Waals surface area contributed by atoms with Crippen LogP contribution in [0.2, 0.25) is 0 Å². The highest BCUT2D eigenvalue weighted by Gasteiger charge is 2.34. The van der Waals surface area contributed by atoms with Crippen molar-refractivity contribution in [1.29, 1.82) is 0 Å². The minimum Gasteiger partial charge on any atom is -0.349 e. The lowest BCUT2D eigenvalue weighted by atomic mass is 9.95. The van der Waals surface area contributed by atoms with Crippen LogP contribution < -0.4 is 10.8 Å². The largest absolute Gasteiger partial charge is 0.349 e. The molecule has 1 aliphatic rings. The van der Waals surface area contributed by atoms with Gasteiger partial charge in [-0.15, -0.1) is 0 Å². The topological polar surface area (TPSA) is 91.3 Å². The molecule has 4 rings (SSSR count). The van der Waals surface area contributed by atoms with Gasteiger partial charge in [-0.3, -0.25) is 19.8 Å². The second-order valence-electron chi connectivity index (χ2n) is 8.29. The number of pyridine rings is 1. The Kier molecular flexibility index (Phi) is 6.00. The molecule has 3 N–H and O–H groups in total. The first-order chi connectivity index (χ1) is 15.0. The number of carbonyl (C=O) groups is 2. The molecule has 160 valence electrons. The molecule has 0 aliphatic heterocycles. The van der Waals surface area contributed by atoms with Crippen molar-refractivity contribution < 1.29 is 14.8 Å². The average Bonchev–Trinajstić information content (AvgIpc) is 3.24. The molecule has 2 aromatic carbocycles. The predicted molar refractivity (Wildman–Crippen MR) is 119 cm³/mol. The maximum atomic E-state index is 12.7. The molecular weight excluding hydrogens is 390 g/mol. The molecule has 2 amide bonds. The van der Waals surface area contributed by atoms with E-state index in [1.807, 2.05) is 49.4 Å². The van der Waals surface area contributed by atoms with Crippen LogP contribution in [0, 0.1) is 19.8 Å². The predicted octanol–water partition coefficient (Wildman–Crippen LogP) is 3.85. The van der Waals surface area contributed by atoms with Crippen LogP contribution in [0.4, 0.5) is 0 Å². The quantitative estimate of drug-likeness (QED) is 0.434. The summed E-state index contributed by atoms with van der Waals surface area (Å²) in [5, 5.41) is 13.0. The molecule has 0 saturated heterocycles. The summed E-state index contributed by atoms with van der Waals surface area (Å²) in [4.78, 5) is 29.2. The van der Waals surface area contributed by atoms with Crippen LogP contribution in [0.3, 0.4) is 0 Å². The van der Waals surface area contributed by atoms with Crippen molar-refractivity contribution in [3.63, 3.8) is 0 Å². The summed E-state index contributed by atoms with van der Waals surface area (Å²) in [5.41, 5.74) is 7.86. The fourth-order valence-corrected chi connectivity index (χ4v) is 4.50. The Morgan fingerprint density at radius 1 is 1.06 bits per heavy atom. The number of carbonyl (C=O) groups excluding carboxylic acids is 2. The summed E-state index contributed by atoms with van der Waals surface area (Å²) in [6, 6.07) is 15.5. The number of para-hydroxylation sites is 1. The fraction of sp³-hybridized carbons (Fsp3) is 0.320. The zero-order valence-electron chi connectivity index (χ0n) is 17.8. The van der Waals surface area contributed by atoms with Crippen molar-refractivity contribution in [1.82, 2.24) is 15.8 Å². The highest BCUT2D eigenvalue weighted by Crippen LogP contribution is 2.27. The lowest BCUT2D eigenvalue weighted by Crippen LogP contribution is -2.43. The van der Waals surface area contributed by atoms with Gasteiger partial charge in [0.15, 0.2) is 0 Å². The van der Waals surface area contributed by atoms with E-state index in [1.165, 1.54) is 11.1 Å². The molecule has 1 aliphatic carbocycles. The molecule has 1 fully saturated rings. The monoisotopic (exact) mass is 417 g/mol. The molecule has 0 bridgehead atoms. The summed E-state index contributed by atoms with van der Waals surface area (Å²) in [6.45, 7) is 4.14. The van der Waals surface area contributed by atoms with Gasteiger partial charge in [0.2, 0.25) is 5.91 Å². The SMILES string of the molecule is Cc1nc2ccccc2c(Cc2ccc(C(=O)NC3CCCC3C(=O)NO)cc2)c1C. The number of rotatable bonds is 5. The zero-order valence-corrected chi connectivity index (χ0v) is 17.8. The number of aromatic nitrogens is 1. The summed E-state index contributed by atoms with van der Waals surface area (Å²) in [5.74, 6) is -1.02. The van der Waals surface area contributed by atoms with Gasteiger partial charge in [0.05, 0.1) is 11.4 Å². The van der Waals surface area contributed by atoms with Gasteiger partial charge in [-0.1, -0.05) is 36.8 Å². The summed E-state index contributed by atoms with van der Waals surface area (Å²) in [7, 11) is 0. The Bertz CT molecular complexity index is 1120. The summed E-state index contributed by atoms with van der Waals surface area (Å²) in [6.07, 6.45) is 3.00. The van der Waals surface area contributed by atoms with E-state index in [4.69, 9.17) is 10.2 Å². The molecule has 6 heteroatoms. The van der Waals surface area contributed by atoms with Gasteiger partial charge >= 0.3 is 0 Å². The normalized spacial score (nSPS) is 18.2. The molecule has 2 atom stereocenters. The first-order valence-electron chi connectivity index (χ1n) is 10.7. The zero-order chi connectivity index (χ0) is 22.0. The number of nitrogens with zero attached hydrogens (tertiary/aromatic N) is 1. The van der Waals surface area contributed by atoms with E-state index in [-0.39, 0.29) is 17.9 Å². The maximum Gasteiger partial charge on any atom is 0.251 e. The van der Waals surface area contributed by atoms with E-state index in [0.717, 1.165) is 41.4 Å². The van der Waals surface area contributed by atoms with Gasteiger partial charge in [-0.05, 0) is 68.0 Å². The van der Waals surface area contributed by atoms with Crippen LogP contribution in [0.5, 0.6) is 0 Å². The third-order valence-corrected chi connectivity index (χ3v) is 6.39. The van der Waals surface area contributed by atoms with Gasteiger partial charge in [0.1, 0.15) is 0 Å². The van der Waals surface area contributed by atoms with Crippen molar-refractivity contribution in [3.8, 4) is 0 Å². The van der Waals surface area contributed by atoms with Crippen molar-refractivity contribution in [2.75, 3.05) is 0 Å². The first-order valence-corrected chi connectivity index (χ1v) is 10.7. The van der Waals surface area contributed by atoms with Crippen LogP contribution in [-0.4, -0.2) is 28.0 Å². The highest BCUT2D eigenvalue weighted by atomic mass is 16.5. The average molecular weight is 418 g/mol. The molecule has 0 radical (unpaired) electrons.